The molecular weight excluding hydrogens is 290 g/mol. The van der Waals surface area contributed by atoms with Crippen LogP contribution in [0.25, 0.3) is 10.7 Å². The van der Waals surface area contributed by atoms with Gasteiger partial charge < -0.3 is 5.32 Å². The van der Waals surface area contributed by atoms with Crippen LogP contribution < -0.4 is 5.32 Å². The van der Waals surface area contributed by atoms with Crippen LogP contribution in [0, 0.1) is 0 Å². The Kier molecular flexibility index (Phi) is 3.95. The Bertz CT molecular complexity index is 680. The van der Waals surface area contributed by atoms with Gasteiger partial charge >= 0.3 is 0 Å². The summed E-state index contributed by atoms with van der Waals surface area (Å²) in [4.78, 5) is 8.88. The first-order valence-electron chi connectivity index (χ1n) is 6.16. The van der Waals surface area contributed by atoms with Crippen LogP contribution in [-0.2, 0) is 6.54 Å². The van der Waals surface area contributed by atoms with Crippen LogP contribution in [0.15, 0.2) is 54.0 Å². The fourth-order valence-electron chi connectivity index (χ4n) is 1.76. The standard InChI is InChI=1S/C15H12ClN3S/c16-11-4-6-12(7-5-11)18-9-13-10-20-15(19-13)14-3-1-2-8-17-14/h1-8,10,18H,9H2. The van der Waals surface area contributed by atoms with Gasteiger partial charge in [-0.05, 0) is 36.4 Å². The first-order valence-corrected chi connectivity index (χ1v) is 7.42. The molecule has 100 valence electrons. The number of pyridine rings is 1. The van der Waals surface area contributed by atoms with Crippen LogP contribution in [-0.4, -0.2) is 9.97 Å². The van der Waals surface area contributed by atoms with E-state index in [1.807, 2.05) is 47.8 Å². The number of halogens is 1. The maximum Gasteiger partial charge on any atom is 0.142 e. The summed E-state index contributed by atoms with van der Waals surface area (Å²) in [6.07, 6.45) is 1.78. The maximum atomic E-state index is 5.85. The summed E-state index contributed by atoms with van der Waals surface area (Å²) in [7, 11) is 0. The number of anilines is 1. The molecule has 2 aromatic heterocycles. The molecule has 0 saturated carbocycles. The van der Waals surface area contributed by atoms with Crippen LogP contribution in [0.2, 0.25) is 5.02 Å². The van der Waals surface area contributed by atoms with E-state index in [4.69, 9.17) is 11.6 Å². The summed E-state index contributed by atoms with van der Waals surface area (Å²) in [6, 6.07) is 13.5. The molecule has 0 aliphatic carbocycles. The van der Waals surface area contributed by atoms with Crippen LogP contribution in [0.5, 0.6) is 0 Å². The molecule has 0 spiro atoms. The normalized spacial score (nSPS) is 10.4. The molecule has 0 atom stereocenters. The fraction of sp³-hybridized carbons (Fsp3) is 0.0667. The molecule has 0 unspecified atom stereocenters. The lowest BCUT2D eigenvalue weighted by molar-refractivity contribution is 1.07. The zero-order chi connectivity index (χ0) is 13.8. The zero-order valence-corrected chi connectivity index (χ0v) is 12.2. The van der Waals surface area contributed by atoms with Crippen molar-refractivity contribution in [2.24, 2.45) is 0 Å². The molecule has 0 radical (unpaired) electrons. The van der Waals surface area contributed by atoms with Gasteiger partial charge in [0.15, 0.2) is 0 Å². The minimum absolute atomic E-state index is 0.685. The molecule has 1 N–H and O–H groups in total. The largest absolute Gasteiger partial charge is 0.379 e. The number of rotatable bonds is 4. The number of aromatic nitrogens is 2. The van der Waals surface area contributed by atoms with E-state index in [9.17, 15) is 0 Å². The highest BCUT2D eigenvalue weighted by Gasteiger charge is 2.05. The maximum absolute atomic E-state index is 5.85. The van der Waals surface area contributed by atoms with Crippen LogP contribution in [0.3, 0.4) is 0 Å². The molecule has 3 aromatic rings. The van der Waals surface area contributed by atoms with Gasteiger partial charge in [-0.25, -0.2) is 4.98 Å². The predicted molar refractivity (Wildman–Crippen MR) is 84.1 cm³/mol. The average Bonchev–Trinajstić information content (AvgIpc) is 2.97. The first kappa shape index (κ1) is 13.1. The molecule has 3 rings (SSSR count). The molecule has 20 heavy (non-hydrogen) atoms. The lowest BCUT2D eigenvalue weighted by atomic mass is 10.3. The van der Waals surface area contributed by atoms with Gasteiger partial charge in [0.2, 0.25) is 0 Å². The SMILES string of the molecule is Clc1ccc(NCc2csc(-c3ccccn3)n2)cc1. The second-order valence-corrected chi connectivity index (χ2v) is 5.51. The van der Waals surface area contributed by atoms with Crippen LogP contribution in [0.4, 0.5) is 5.69 Å². The minimum Gasteiger partial charge on any atom is -0.379 e. The molecule has 3 nitrogen and oxygen atoms in total. The smallest absolute Gasteiger partial charge is 0.142 e. The van der Waals surface area contributed by atoms with E-state index in [1.54, 1.807) is 17.5 Å². The van der Waals surface area contributed by atoms with Gasteiger partial charge in [-0.3, -0.25) is 4.98 Å². The van der Waals surface area contributed by atoms with E-state index in [0.29, 0.717) is 6.54 Å². The van der Waals surface area contributed by atoms with Crippen molar-refractivity contribution in [2.45, 2.75) is 6.54 Å². The zero-order valence-electron chi connectivity index (χ0n) is 10.6. The number of hydrogen-bond donors (Lipinski definition) is 1. The van der Waals surface area contributed by atoms with Crippen molar-refractivity contribution in [1.29, 1.82) is 0 Å². The molecule has 1 aromatic carbocycles. The fourth-order valence-corrected chi connectivity index (χ4v) is 2.68. The van der Waals surface area contributed by atoms with E-state index in [2.05, 4.69) is 15.3 Å². The summed E-state index contributed by atoms with van der Waals surface area (Å²) in [5.74, 6) is 0. The molecule has 0 saturated heterocycles. The van der Waals surface area contributed by atoms with E-state index < -0.39 is 0 Å². The Morgan fingerprint density at radius 3 is 2.70 bits per heavy atom. The summed E-state index contributed by atoms with van der Waals surface area (Å²) in [5, 5.41) is 7.05. The van der Waals surface area contributed by atoms with E-state index in [-0.39, 0.29) is 0 Å². The second kappa shape index (κ2) is 6.03. The monoisotopic (exact) mass is 301 g/mol. The highest BCUT2D eigenvalue weighted by molar-refractivity contribution is 7.13. The Morgan fingerprint density at radius 2 is 1.95 bits per heavy atom. The van der Waals surface area contributed by atoms with Crippen molar-refractivity contribution >= 4 is 28.6 Å². The topological polar surface area (TPSA) is 37.8 Å². The van der Waals surface area contributed by atoms with Gasteiger partial charge in [0, 0.05) is 22.3 Å². The third kappa shape index (κ3) is 3.15. The third-order valence-electron chi connectivity index (χ3n) is 2.75. The summed E-state index contributed by atoms with van der Waals surface area (Å²) >= 11 is 7.46. The van der Waals surface area contributed by atoms with Gasteiger partial charge in [0.05, 0.1) is 17.9 Å². The molecule has 0 bridgehead atoms. The van der Waals surface area contributed by atoms with Gasteiger partial charge in [0.25, 0.3) is 0 Å². The number of thiazole rings is 1. The second-order valence-electron chi connectivity index (χ2n) is 4.22. The Morgan fingerprint density at radius 1 is 1.10 bits per heavy atom. The molecule has 0 aliphatic heterocycles. The van der Waals surface area contributed by atoms with Crippen molar-refractivity contribution in [1.82, 2.24) is 9.97 Å². The number of hydrogen-bond acceptors (Lipinski definition) is 4. The van der Waals surface area contributed by atoms with Gasteiger partial charge in [-0.15, -0.1) is 11.3 Å². The Labute approximate surface area is 126 Å². The summed E-state index contributed by atoms with van der Waals surface area (Å²) in [5.41, 5.74) is 2.95. The third-order valence-corrected chi connectivity index (χ3v) is 3.92. The van der Waals surface area contributed by atoms with Gasteiger partial charge in [-0.2, -0.15) is 0 Å². The molecule has 0 aliphatic rings. The molecule has 2 heterocycles. The average molecular weight is 302 g/mol. The van der Waals surface area contributed by atoms with Crippen molar-refractivity contribution < 1.29 is 0 Å². The Hall–Kier alpha value is -1.91. The van der Waals surface area contributed by atoms with Gasteiger partial charge in [0.1, 0.15) is 5.01 Å². The number of nitrogens with zero attached hydrogens (tertiary/aromatic N) is 2. The molecular formula is C15H12ClN3S. The lowest BCUT2D eigenvalue weighted by Gasteiger charge is -2.03. The van der Waals surface area contributed by atoms with E-state index in [1.165, 1.54) is 0 Å². The number of benzene rings is 1. The minimum atomic E-state index is 0.685. The van der Waals surface area contributed by atoms with Crippen LogP contribution in [0.1, 0.15) is 5.69 Å². The van der Waals surface area contributed by atoms with E-state index in [0.717, 1.165) is 27.1 Å². The lowest BCUT2D eigenvalue weighted by Crippen LogP contribution is -1.99. The van der Waals surface area contributed by atoms with Crippen LogP contribution >= 0.6 is 22.9 Å². The quantitative estimate of drug-likeness (QED) is 0.772. The number of nitrogens with one attached hydrogen (secondary N) is 1. The highest BCUT2D eigenvalue weighted by atomic mass is 35.5. The van der Waals surface area contributed by atoms with Gasteiger partial charge in [-0.1, -0.05) is 17.7 Å². The van der Waals surface area contributed by atoms with E-state index >= 15 is 0 Å². The van der Waals surface area contributed by atoms with Crippen molar-refractivity contribution in [3.05, 3.63) is 64.8 Å². The Balaban J connectivity index is 1.67. The first-order chi connectivity index (χ1) is 9.81. The highest BCUT2D eigenvalue weighted by Crippen LogP contribution is 2.22. The van der Waals surface area contributed by atoms with Crippen molar-refractivity contribution in [3.63, 3.8) is 0 Å². The summed E-state index contributed by atoms with van der Waals surface area (Å²) < 4.78 is 0. The molecule has 0 fully saturated rings. The van der Waals surface area contributed by atoms with Crippen molar-refractivity contribution in [3.8, 4) is 10.7 Å². The van der Waals surface area contributed by atoms with Crippen molar-refractivity contribution in [2.75, 3.05) is 5.32 Å². The predicted octanol–water partition coefficient (Wildman–Crippen LogP) is 4.47. The summed E-state index contributed by atoms with van der Waals surface area (Å²) in [6.45, 7) is 0.685. The molecule has 0 amide bonds. The molecule has 5 heteroatoms.